The van der Waals surface area contributed by atoms with E-state index >= 15 is 0 Å². The van der Waals surface area contributed by atoms with Crippen molar-refractivity contribution < 1.29 is 0 Å². The van der Waals surface area contributed by atoms with E-state index in [1.165, 1.54) is 64.6 Å². The molecule has 1 aliphatic carbocycles. The van der Waals surface area contributed by atoms with E-state index in [9.17, 15) is 0 Å². The van der Waals surface area contributed by atoms with E-state index in [0.29, 0.717) is 0 Å². The highest BCUT2D eigenvalue weighted by Crippen LogP contribution is 2.26. The van der Waals surface area contributed by atoms with E-state index in [4.69, 9.17) is 0 Å². The van der Waals surface area contributed by atoms with Gasteiger partial charge in [0.1, 0.15) is 0 Å². The van der Waals surface area contributed by atoms with Crippen LogP contribution in [0.25, 0.3) is 0 Å². The number of likely N-dealkylation sites (tertiary alicyclic amines) is 1. The normalized spacial score (nSPS) is 30.9. The molecule has 2 fully saturated rings. The lowest BCUT2D eigenvalue weighted by molar-refractivity contribution is 0.0805. The van der Waals surface area contributed by atoms with Crippen LogP contribution in [0.1, 0.15) is 51.9 Å². The van der Waals surface area contributed by atoms with Crippen LogP contribution in [0.3, 0.4) is 0 Å². The number of piperidine rings is 1. The Morgan fingerprint density at radius 1 is 1.11 bits per heavy atom. The Hall–Kier alpha value is -0.120. The van der Waals surface area contributed by atoms with Crippen molar-refractivity contribution in [2.75, 3.05) is 33.7 Å². The molecule has 0 bridgehead atoms. The number of nitrogens with zero attached hydrogens (tertiary/aromatic N) is 2. The molecule has 1 saturated heterocycles. The third-order valence-corrected chi connectivity index (χ3v) is 5.17. The van der Waals surface area contributed by atoms with Crippen LogP contribution < -0.4 is 5.32 Å². The third-order valence-electron chi connectivity index (χ3n) is 5.17. The molecule has 1 N–H and O–H groups in total. The van der Waals surface area contributed by atoms with Gasteiger partial charge < -0.3 is 15.1 Å². The molecular formula is C16H33N3. The van der Waals surface area contributed by atoms with Crippen LogP contribution in [0.15, 0.2) is 0 Å². The third kappa shape index (κ3) is 4.44. The van der Waals surface area contributed by atoms with Crippen LogP contribution in [0.4, 0.5) is 0 Å². The number of hydrogen-bond donors (Lipinski definition) is 1. The highest BCUT2D eigenvalue weighted by molar-refractivity contribution is 4.87. The summed E-state index contributed by atoms with van der Waals surface area (Å²) >= 11 is 0. The van der Waals surface area contributed by atoms with Crippen molar-refractivity contribution in [3.8, 4) is 0 Å². The van der Waals surface area contributed by atoms with Crippen LogP contribution >= 0.6 is 0 Å². The van der Waals surface area contributed by atoms with Gasteiger partial charge in [0, 0.05) is 18.1 Å². The second kappa shape index (κ2) is 7.61. The van der Waals surface area contributed by atoms with Crippen molar-refractivity contribution in [2.45, 2.75) is 70.0 Å². The molecule has 1 saturated carbocycles. The zero-order valence-electron chi connectivity index (χ0n) is 13.2. The molecule has 0 aromatic heterocycles. The molecular weight excluding hydrogens is 234 g/mol. The molecule has 112 valence electrons. The molecule has 0 spiro atoms. The molecule has 0 aromatic rings. The second-order valence-corrected chi connectivity index (χ2v) is 6.67. The standard InChI is InChI=1S/C16H33N3/c1-4-10-17-14-6-5-7-16(13-14)19(3)15-8-11-18(2)12-9-15/h14-17H,4-13H2,1-3H3. The maximum absolute atomic E-state index is 3.73. The van der Waals surface area contributed by atoms with Gasteiger partial charge in [0.25, 0.3) is 0 Å². The van der Waals surface area contributed by atoms with E-state index in [-0.39, 0.29) is 0 Å². The zero-order valence-corrected chi connectivity index (χ0v) is 13.2. The molecule has 2 aliphatic rings. The first-order chi connectivity index (χ1) is 9.20. The van der Waals surface area contributed by atoms with E-state index in [1.54, 1.807) is 0 Å². The van der Waals surface area contributed by atoms with Gasteiger partial charge in [-0.05, 0) is 72.3 Å². The van der Waals surface area contributed by atoms with Gasteiger partial charge >= 0.3 is 0 Å². The average Bonchev–Trinajstić information content (AvgIpc) is 2.45. The molecule has 3 nitrogen and oxygen atoms in total. The summed E-state index contributed by atoms with van der Waals surface area (Å²) in [5.41, 5.74) is 0. The van der Waals surface area contributed by atoms with Crippen LogP contribution in [-0.2, 0) is 0 Å². The van der Waals surface area contributed by atoms with Crippen molar-refractivity contribution in [3.63, 3.8) is 0 Å². The van der Waals surface area contributed by atoms with Crippen molar-refractivity contribution >= 4 is 0 Å². The largest absolute Gasteiger partial charge is 0.314 e. The summed E-state index contributed by atoms with van der Waals surface area (Å²) in [6.07, 6.45) is 9.54. The monoisotopic (exact) mass is 267 g/mol. The summed E-state index contributed by atoms with van der Waals surface area (Å²) in [7, 11) is 4.63. The van der Waals surface area contributed by atoms with Crippen molar-refractivity contribution in [1.82, 2.24) is 15.1 Å². The summed E-state index contributed by atoms with van der Waals surface area (Å²) in [6.45, 7) is 6.01. The summed E-state index contributed by atoms with van der Waals surface area (Å²) in [5, 5.41) is 3.73. The Morgan fingerprint density at radius 3 is 2.53 bits per heavy atom. The van der Waals surface area contributed by atoms with E-state index in [0.717, 1.165) is 18.1 Å². The minimum Gasteiger partial charge on any atom is -0.314 e. The van der Waals surface area contributed by atoms with Crippen molar-refractivity contribution in [1.29, 1.82) is 0 Å². The first kappa shape index (κ1) is 15.3. The molecule has 0 amide bonds. The van der Waals surface area contributed by atoms with Gasteiger partial charge in [-0.15, -0.1) is 0 Å². The number of rotatable bonds is 5. The Morgan fingerprint density at radius 2 is 1.84 bits per heavy atom. The molecule has 19 heavy (non-hydrogen) atoms. The predicted octanol–water partition coefficient (Wildman–Crippen LogP) is 2.32. The quantitative estimate of drug-likeness (QED) is 0.825. The first-order valence-electron chi connectivity index (χ1n) is 8.34. The van der Waals surface area contributed by atoms with Crippen LogP contribution in [0, 0.1) is 0 Å². The fourth-order valence-corrected chi connectivity index (χ4v) is 3.77. The van der Waals surface area contributed by atoms with Gasteiger partial charge in [0.15, 0.2) is 0 Å². The van der Waals surface area contributed by atoms with Crippen LogP contribution in [0.2, 0.25) is 0 Å². The number of hydrogen-bond acceptors (Lipinski definition) is 3. The molecule has 1 heterocycles. The summed E-state index contributed by atoms with van der Waals surface area (Å²) in [4.78, 5) is 5.18. The molecule has 2 atom stereocenters. The average molecular weight is 267 g/mol. The van der Waals surface area contributed by atoms with E-state index in [2.05, 4.69) is 36.1 Å². The van der Waals surface area contributed by atoms with Gasteiger partial charge in [-0.2, -0.15) is 0 Å². The maximum Gasteiger partial charge on any atom is 0.0119 e. The van der Waals surface area contributed by atoms with Gasteiger partial charge in [-0.25, -0.2) is 0 Å². The van der Waals surface area contributed by atoms with E-state index < -0.39 is 0 Å². The predicted molar refractivity (Wildman–Crippen MR) is 82.6 cm³/mol. The van der Waals surface area contributed by atoms with Crippen LogP contribution in [0.5, 0.6) is 0 Å². The second-order valence-electron chi connectivity index (χ2n) is 6.67. The molecule has 1 aliphatic heterocycles. The highest BCUT2D eigenvalue weighted by Gasteiger charge is 2.29. The lowest BCUT2D eigenvalue weighted by atomic mass is 9.88. The molecule has 0 radical (unpaired) electrons. The Bertz CT molecular complexity index is 248. The van der Waals surface area contributed by atoms with Gasteiger partial charge in [-0.3, -0.25) is 0 Å². The minimum absolute atomic E-state index is 0.771. The maximum atomic E-state index is 3.73. The molecule has 0 aromatic carbocycles. The Kier molecular flexibility index (Phi) is 6.11. The fraction of sp³-hybridized carbons (Fsp3) is 1.00. The molecule has 3 heteroatoms. The van der Waals surface area contributed by atoms with Crippen molar-refractivity contribution in [3.05, 3.63) is 0 Å². The molecule has 2 unspecified atom stereocenters. The molecule has 2 rings (SSSR count). The van der Waals surface area contributed by atoms with Crippen molar-refractivity contribution in [2.24, 2.45) is 0 Å². The SMILES string of the molecule is CCCNC1CCCC(N(C)C2CCN(C)CC2)C1. The van der Waals surface area contributed by atoms with E-state index in [1.807, 2.05) is 0 Å². The lowest BCUT2D eigenvalue weighted by Gasteiger charge is -2.42. The Labute approximate surface area is 119 Å². The van der Waals surface area contributed by atoms with Gasteiger partial charge in [0.05, 0.1) is 0 Å². The topological polar surface area (TPSA) is 18.5 Å². The van der Waals surface area contributed by atoms with Gasteiger partial charge in [-0.1, -0.05) is 13.3 Å². The summed E-state index contributed by atoms with van der Waals surface area (Å²) < 4.78 is 0. The highest BCUT2D eigenvalue weighted by atomic mass is 15.2. The minimum atomic E-state index is 0.771. The first-order valence-corrected chi connectivity index (χ1v) is 8.34. The summed E-state index contributed by atoms with van der Waals surface area (Å²) in [6, 6.07) is 2.41. The summed E-state index contributed by atoms with van der Waals surface area (Å²) in [5.74, 6) is 0. The zero-order chi connectivity index (χ0) is 13.7. The van der Waals surface area contributed by atoms with Gasteiger partial charge in [0.2, 0.25) is 0 Å². The smallest absolute Gasteiger partial charge is 0.0119 e. The lowest BCUT2D eigenvalue weighted by Crippen LogP contribution is -2.49. The fourth-order valence-electron chi connectivity index (χ4n) is 3.77. The Balaban J connectivity index is 1.79. The number of nitrogens with one attached hydrogen (secondary N) is 1. The van der Waals surface area contributed by atoms with Crippen LogP contribution in [-0.4, -0.2) is 61.7 Å².